The first-order chi connectivity index (χ1) is 20.1. The molecule has 5 heterocycles. The van der Waals surface area contributed by atoms with Gasteiger partial charge in [-0.1, -0.05) is 22.9 Å². The number of likely N-dealkylation sites (N-methyl/N-ethyl adjacent to an activating group) is 1. The number of ether oxygens (including phenoxy) is 1. The number of anilines is 2. The van der Waals surface area contributed by atoms with Crippen molar-refractivity contribution in [2.75, 3.05) is 43.9 Å². The van der Waals surface area contributed by atoms with Crippen molar-refractivity contribution in [2.45, 2.75) is 49.7 Å². The number of hydrogen-bond donors (Lipinski definition) is 2. The van der Waals surface area contributed by atoms with Gasteiger partial charge in [-0.3, -0.25) is 0 Å². The number of benzene rings is 2. The Bertz CT molecular complexity index is 1710. The highest BCUT2D eigenvalue weighted by atomic mass is 35.5. The third kappa shape index (κ3) is 4.52. The Morgan fingerprint density at radius 2 is 2.05 bits per heavy atom. The van der Waals surface area contributed by atoms with E-state index in [4.69, 9.17) is 22.1 Å². The fourth-order valence-corrected chi connectivity index (χ4v) is 7.64. The minimum Gasteiger partial charge on any atom is -0.462 e. The summed E-state index contributed by atoms with van der Waals surface area (Å²) in [7, 11) is 2.01. The standard InChI is InChI=1S/C28H28ClF4N7OS/c1-39-8-2-3-14(39)11-41-27-36-21-16(24(37-27)40-10-13-6-7-28(12-40,38-13)25(32)33)9-17(29)19(20(21)31)15-4-5-18(30)23-22(15)35-26(34)42-23/h4-5,9,13-14,25,38H,2-3,6-8,10-12H2,1H3,(H2,34,35). The molecule has 3 saturated heterocycles. The molecule has 0 spiro atoms. The second-order valence-electron chi connectivity index (χ2n) is 11.4. The molecule has 8 nitrogen and oxygen atoms in total. The fraction of sp³-hybridized carbons (Fsp3) is 0.464. The Morgan fingerprint density at radius 3 is 2.81 bits per heavy atom. The zero-order valence-corrected chi connectivity index (χ0v) is 24.2. The number of nitrogens with zero attached hydrogens (tertiary/aromatic N) is 5. The Labute approximate surface area is 247 Å². The Hall–Kier alpha value is -3.00. The second kappa shape index (κ2) is 10.3. The van der Waals surface area contributed by atoms with Gasteiger partial charge in [-0.15, -0.1) is 0 Å². The van der Waals surface area contributed by atoms with Crippen LogP contribution in [0.25, 0.3) is 32.2 Å². The highest BCUT2D eigenvalue weighted by Crippen LogP contribution is 2.44. The molecule has 3 unspecified atom stereocenters. The van der Waals surface area contributed by atoms with Crippen LogP contribution in [0.4, 0.5) is 28.5 Å². The van der Waals surface area contributed by atoms with Gasteiger partial charge in [0.15, 0.2) is 10.9 Å². The summed E-state index contributed by atoms with van der Waals surface area (Å²) in [4.78, 5) is 17.3. The summed E-state index contributed by atoms with van der Waals surface area (Å²) in [6.07, 6.45) is 0.306. The number of nitrogen functional groups attached to an aromatic ring is 1. The van der Waals surface area contributed by atoms with Gasteiger partial charge in [-0.25, -0.2) is 22.5 Å². The number of nitrogens with two attached hydrogens (primary N) is 1. The zero-order chi connectivity index (χ0) is 29.3. The van der Waals surface area contributed by atoms with Gasteiger partial charge in [-0.05, 0) is 57.5 Å². The van der Waals surface area contributed by atoms with E-state index in [1.165, 1.54) is 18.2 Å². The maximum absolute atomic E-state index is 16.6. The Kier molecular flexibility index (Phi) is 6.83. The molecule has 0 saturated carbocycles. The summed E-state index contributed by atoms with van der Waals surface area (Å²) >= 11 is 7.68. The number of thiazole rings is 1. The molecule has 3 fully saturated rings. The number of piperazine rings is 1. The number of halogens is 5. The van der Waals surface area contributed by atoms with Crippen LogP contribution >= 0.6 is 22.9 Å². The van der Waals surface area contributed by atoms with E-state index in [1.807, 2.05) is 7.05 Å². The van der Waals surface area contributed by atoms with Crippen molar-refractivity contribution in [3.05, 3.63) is 34.9 Å². The molecule has 3 N–H and O–H groups in total. The molecule has 0 amide bonds. The lowest BCUT2D eigenvalue weighted by Crippen LogP contribution is -2.63. The highest BCUT2D eigenvalue weighted by molar-refractivity contribution is 7.22. The summed E-state index contributed by atoms with van der Waals surface area (Å²) in [5, 5.41) is 3.51. The fourth-order valence-electron chi connectivity index (χ4n) is 6.58. The summed E-state index contributed by atoms with van der Waals surface area (Å²) in [6.45, 7) is 1.63. The van der Waals surface area contributed by atoms with Crippen LogP contribution in [0.3, 0.4) is 0 Å². The van der Waals surface area contributed by atoms with Gasteiger partial charge in [0.05, 0.1) is 20.8 Å². The molecule has 0 radical (unpaired) electrons. The molecule has 0 aliphatic carbocycles. The first kappa shape index (κ1) is 27.8. The van der Waals surface area contributed by atoms with Crippen molar-refractivity contribution < 1.29 is 22.3 Å². The third-order valence-electron chi connectivity index (χ3n) is 8.76. The number of aromatic nitrogens is 3. The van der Waals surface area contributed by atoms with Crippen molar-refractivity contribution in [2.24, 2.45) is 0 Å². The molecule has 222 valence electrons. The maximum atomic E-state index is 16.6. The van der Waals surface area contributed by atoms with Crippen LogP contribution in [0, 0.1) is 11.6 Å². The number of nitrogens with one attached hydrogen (secondary N) is 1. The number of alkyl halides is 2. The van der Waals surface area contributed by atoms with Gasteiger partial charge in [0, 0.05) is 41.7 Å². The number of rotatable bonds is 6. The zero-order valence-electron chi connectivity index (χ0n) is 22.6. The molecular weight excluding hydrogens is 594 g/mol. The first-order valence-electron chi connectivity index (χ1n) is 13.8. The minimum absolute atomic E-state index is 0.0181. The Morgan fingerprint density at radius 1 is 1.21 bits per heavy atom. The predicted octanol–water partition coefficient (Wildman–Crippen LogP) is 5.47. The van der Waals surface area contributed by atoms with Crippen LogP contribution in [0.2, 0.25) is 5.02 Å². The van der Waals surface area contributed by atoms with Gasteiger partial charge >= 0.3 is 6.01 Å². The average molecular weight is 622 g/mol. The average Bonchev–Trinajstić information content (AvgIpc) is 3.65. The van der Waals surface area contributed by atoms with Crippen molar-refractivity contribution in [1.29, 1.82) is 0 Å². The smallest absolute Gasteiger partial charge is 0.319 e. The van der Waals surface area contributed by atoms with Crippen LogP contribution < -0.4 is 20.7 Å². The van der Waals surface area contributed by atoms with E-state index in [2.05, 4.69) is 25.2 Å². The summed E-state index contributed by atoms with van der Waals surface area (Å²) in [6, 6.07) is 4.08. The van der Waals surface area contributed by atoms with Gasteiger partial charge in [0.2, 0.25) is 0 Å². The lowest BCUT2D eigenvalue weighted by molar-refractivity contribution is 0.0367. The molecule has 14 heteroatoms. The van der Waals surface area contributed by atoms with E-state index in [1.54, 1.807) is 4.90 Å². The van der Waals surface area contributed by atoms with E-state index in [0.717, 1.165) is 30.7 Å². The predicted molar refractivity (Wildman–Crippen MR) is 156 cm³/mol. The normalized spacial score (nSPS) is 24.5. The lowest BCUT2D eigenvalue weighted by atomic mass is 9.97. The molecule has 2 bridgehead atoms. The summed E-state index contributed by atoms with van der Waals surface area (Å²) in [5.41, 5.74) is 4.82. The second-order valence-corrected chi connectivity index (χ2v) is 12.8. The van der Waals surface area contributed by atoms with Crippen LogP contribution in [0.15, 0.2) is 18.2 Å². The van der Waals surface area contributed by atoms with Crippen LogP contribution in [0.1, 0.15) is 25.7 Å². The van der Waals surface area contributed by atoms with E-state index in [-0.39, 0.29) is 72.9 Å². The van der Waals surface area contributed by atoms with E-state index in [0.29, 0.717) is 26.0 Å². The number of fused-ring (bicyclic) bond motifs is 4. The molecular formula is C28H28ClF4N7OS. The van der Waals surface area contributed by atoms with Gasteiger partial charge < -0.3 is 25.6 Å². The van der Waals surface area contributed by atoms with E-state index < -0.39 is 23.6 Å². The van der Waals surface area contributed by atoms with E-state index >= 15 is 4.39 Å². The van der Waals surface area contributed by atoms with Gasteiger partial charge in [0.25, 0.3) is 6.43 Å². The van der Waals surface area contributed by atoms with Crippen molar-refractivity contribution in [3.8, 4) is 17.1 Å². The molecule has 2 aromatic heterocycles. The monoisotopic (exact) mass is 621 g/mol. The third-order valence-corrected chi connectivity index (χ3v) is 9.95. The van der Waals surface area contributed by atoms with Gasteiger partial charge in [-0.2, -0.15) is 9.97 Å². The molecule has 42 heavy (non-hydrogen) atoms. The van der Waals surface area contributed by atoms with Crippen molar-refractivity contribution in [3.63, 3.8) is 0 Å². The molecule has 3 aliphatic rings. The quantitative estimate of drug-likeness (QED) is 0.274. The topological polar surface area (TPSA) is 92.4 Å². The Balaban J connectivity index is 1.39. The lowest BCUT2D eigenvalue weighted by Gasteiger charge is -2.41. The number of hydrogen-bond acceptors (Lipinski definition) is 9. The summed E-state index contributed by atoms with van der Waals surface area (Å²) < 4.78 is 65.9. The minimum atomic E-state index is -2.59. The van der Waals surface area contributed by atoms with Gasteiger partial charge in [0.1, 0.15) is 23.8 Å². The van der Waals surface area contributed by atoms with E-state index in [9.17, 15) is 13.2 Å². The maximum Gasteiger partial charge on any atom is 0.319 e. The molecule has 3 atom stereocenters. The summed E-state index contributed by atoms with van der Waals surface area (Å²) in [5.74, 6) is -1.02. The molecule has 3 aliphatic heterocycles. The SMILES string of the molecule is CN1CCCC1COc1nc(N2CC3CCC(C(F)F)(C2)N3)c2cc(Cl)c(-c3ccc(F)c4sc(N)nc34)c(F)c2n1. The molecule has 2 aromatic carbocycles. The molecule has 4 aromatic rings. The highest BCUT2D eigenvalue weighted by Gasteiger charge is 2.51. The molecule has 7 rings (SSSR count). The van der Waals surface area contributed by atoms with Crippen molar-refractivity contribution >= 4 is 55.0 Å². The number of likely N-dealkylation sites (tertiary alicyclic amines) is 1. The van der Waals surface area contributed by atoms with Crippen molar-refractivity contribution in [1.82, 2.24) is 25.2 Å². The van der Waals surface area contributed by atoms with Crippen LogP contribution in [0.5, 0.6) is 6.01 Å². The van der Waals surface area contributed by atoms with Crippen LogP contribution in [-0.4, -0.2) is 77.2 Å². The largest absolute Gasteiger partial charge is 0.462 e. The first-order valence-corrected chi connectivity index (χ1v) is 15.0. The van der Waals surface area contributed by atoms with Crippen LogP contribution in [-0.2, 0) is 0 Å².